The SMILES string of the molecule is C[C@H](CSc1ccccc1)[C@H](O)COCc1ccccc1. The van der Waals surface area contributed by atoms with Crippen LogP contribution >= 0.6 is 11.8 Å². The fraction of sp³-hybridized carbons (Fsp3) is 0.333. The van der Waals surface area contributed by atoms with Gasteiger partial charge in [0, 0.05) is 10.6 Å². The van der Waals surface area contributed by atoms with E-state index in [0.29, 0.717) is 13.2 Å². The Morgan fingerprint density at radius 1 is 1.00 bits per heavy atom. The van der Waals surface area contributed by atoms with E-state index in [2.05, 4.69) is 19.1 Å². The van der Waals surface area contributed by atoms with Crippen LogP contribution in [0.3, 0.4) is 0 Å². The first-order valence-electron chi connectivity index (χ1n) is 7.23. The first-order valence-corrected chi connectivity index (χ1v) is 8.22. The smallest absolute Gasteiger partial charge is 0.0807 e. The minimum Gasteiger partial charge on any atom is -0.390 e. The van der Waals surface area contributed by atoms with Crippen molar-refractivity contribution in [3.05, 3.63) is 66.2 Å². The molecule has 1 N–H and O–H groups in total. The second kappa shape index (κ2) is 8.88. The van der Waals surface area contributed by atoms with E-state index in [4.69, 9.17) is 4.74 Å². The molecular formula is C18H22O2S. The number of aliphatic hydroxyl groups excluding tert-OH is 1. The fourth-order valence-electron chi connectivity index (χ4n) is 1.89. The van der Waals surface area contributed by atoms with Crippen LogP contribution in [0, 0.1) is 5.92 Å². The van der Waals surface area contributed by atoms with Gasteiger partial charge in [-0.1, -0.05) is 55.5 Å². The molecule has 0 aromatic heterocycles. The van der Waals surface area contributed by atoms with E-state index in [1.165, 1.54) is 4.90 Å². The Labute approximate surface area is 131 Å². The van der Waals surface area contributed by atoms with Crippen molar-refractivity contribution < 1.29 is 9.84 Å². The molecule has 2 aromatic carbocycles. The molecule has 3 heteroatoms. The molecular weight excluding hydrogens is 280 g/mol. The van der Waals surface area contributed by atoms with Crippen LogP contribution in [0.4, 0.5) is 0 Å². The molecule has 0 amide bonds. The van der Waals surface area contributed by atoms with E-state index in [0.717, 1.165) is 11.3 Å². The zero-order valence-electron chi connectivity index (χ0n) is 12.3. The van der Waals surface area contributed by atoms with Gasteiger partial charge in [0.05, 0.1) is 19.3 Å². The van der Waals surface area contributed by atoms with Crippen LogP contribution in [0.15, 0.2) is 65.6 Å². The molecule has 0 bridgehead atoms. The predicted molar refractivity (Wildman–Crippen MR) is 88.4 cm³/mol. The standard InChI is InChI=1S/C18H22O2S/c1-15(14-21-17-10-6-3-7-11-17)18(19)13-20-12-16-8-4-2-5-9-16/h2-11,15,18-19H,12-14H2,1H3/t15-,18-/m1/s1. The molecule has 0 aliphatic carbocycles. The van der Waals surface area contributed by atoms with Crippen LogP contribution in [-0.2, 0) is 11.3 Å². The number of benzene rings is 2. The van der Waals surface area contributed by atoms with Gasteiger partial charge < -0.3 is 9.84 Å². The van der Waals surface area contributed by atoms with Crippen molar-refractivity contribution in [2.45, 2.75) is 24.5 Å². The van der Waals surface area contributed by atoms with Crippen molar-refractivity contribution in [3.8, 4) is 0 Å². The minimum absolute atomic E-state index is 0.200. The molecule has 0 heterocycles. The Morgan fingerprint density at radius 3 is 2.29 bits per heavy atom. The van der Waals surface area contributed by atoms with Crippen molar-refractivity contribution in [3.63, 3.8) is 0 Å². The summed E-state index contributed by atoms with van der Waals surface area (Å²) in [6.07, 6.45) is -0.426. The number of ether oxygens (including phenoxy) is 1. The molecule has 0 saturated carbocycles. The summed E-state index contributed by atoms with van der Waals surface area (Å²) in [7, 11) is 0. The Morgan fingerprint density at radius 2 is 1.62 bits per heavy atom. The average molecular weight is 302 g/mol. The van der Waals surface area contributed by atoms with Gasteiger partial charge in [-0.25, -0.2) is 0 Å². The number of rotatable bonds is 8. The summed E-state index contributed by atoms with van der Waals surface area (Å²) < 4.78 is 5.60. The van der Waals surface area contributed by atoms with Gasteiger partial charge in [-0.05, 0) is 23.6 Å². The Bertz CT molecular complexity index is 501. The zero-order chi connectivity index (χ0) is 14.9. The number of hydrogen-bond acceptors (Lipinski definition) is 3. The first kappa shape index (κ1) is 16.1. The third-order valence-corrected chi connectivity index (χ3v) is 4.61. The normalized spacial score (nSPS) is 13.8. The van der Waals surface area contributed by atoms with Gasteiger partial charge in [0.25, 0.3) is 0 Å². The molecule has 112 valence electrons. The van der Waals surface area contributed by atoms with Crippen molar-refractivity contribution >= 4 is 11.8 Å². The lowest BCUT2D eigenvalue weighted by molar-refractivity contribution is 0.00708. The van der Waals surface area contributed by atoms with Crippen molar-refractivity contribution in [1.82, 2.24) is 0 Å². The molecule has 2 rings (SSSR count). The van der Waals surface area contributed by atoms with Crippen molar-refractivity contribution in [2.75, 3.05) is 12.4 Å². The quantitative estimate of drug-likeness (QED) is 0.748. The van der Waals surface area contributed by atoms with Gasteiger partial charge in [-0.2, -0.15) is 0 Å². The van der Waals surface area contributed by atoms with E-state index in [-0.39, 0.29) is 5.92 Å². The molecule has 0 spiro atoms. The van der Waals surface area contributed by atoms with Crippen LogP contribution in [0.1, 0.15) is 12.5 Å². The lowest BCUT2D eigenvalue weighted by Gasteiger charge is -2.18. The fourth-order valence-corrected chi connectivity index (χ4v) is 2.92. The highest BCUT2D eigenvalue weighted by Gasteiger charge is 2.14. The van der Waals surface area contributed by atoms with E-state index in [1.807, 2.05) is 48.5 Å². The summed E-state index contributed by atoms with van der Waals surface area (Å²) in [5.41, 5.74) is 1.14. The number of thioether (sulfide) groups is 1. The van der Waals surface area contributed by atoms with Gasteiger partial charge in [0.15, 0.2) is 0 Å². The van der Waals surface area contributed by atoms with Crippen LogP contribution in [0.25, 0.3) is 0 Å². The molecule has 0 radical (unpaired) electrons. The summed E-state index contributed by atoms with van der Waals surface area (Å²) in [4.78, 5) is 1.24. The van der Waals surface area contributed by atoms with Crippen LogP contribution in [-0.4, -0.2) is 23.6 Å². The molecule has 2 atom stereocenters. The molecule has 0 fully saturated rings. The Hall–Kier alpha value is -1.29. The summed E-state index contributed by atoms with van der Waals surface area (Å²) in [5.74, 6) is 1.09. The monoisotopic (exact) mass is 302 g/mol. The number of aliphatic hydroxyl groups is 1. The molecule has 0 saturated heterocycles. The second-order valence-electron chi connectivity index (χ2n) is 5.17. The summed E-state index contributed by atoms with van der Waals surface area (Å²) in [6, 6.07) is 20.3. The molecule has 0 unspecified atom stereocenters. The van der Waals surface area contributed by atoms with E-state index >= 15 is 0 Å². The van der Waals surface area contributed by atoms with E-state index in [9.17, 15) is 5.11 Å². The maximum absolute atomic E-state index is 10.1. The third-order valence-electron chi connectivity index (χ3n) is 3.31. The first-order chi connectivity index (χ1) is 10.3. The van der Waals surface area contributed by atoms with Gasteiger partial charge in [-0.15, -0.1) is 11.8 Å². The van der Waals surface area contributed by atoms with Gasteiger partial charge in [0.2, 0.25) is 0 Å². The highest BCUT2D eigenvalue weighted by molar-refractivity contribution is 7.99. The average Bonchev–Trinajstić information content (AvgIpc) is 2.54. The maximum atomic E-state index is 10.1. The van der Waals surface area contributed by atoms with Gasteiger partial charge >= 0.3 is 0 Å². The Kier molecular flexibility index (Phi) is 6.80. The molecule has 0 aliphatic rings. The van der Waals surface area contributed by atoms with Crippen LogP contribution < -0.4 is 0 Å². The molecule has 2 nitrogen and oxygen atoms in total. The van der Waals surface area contributed by atoms with Crippen molar-refractivity contribution in [2.24, 2.45) is 5.92 Å². The van der Waals surface area contributed by atoms with Crippen LogP contribution in [0.5, 0.6) is 0 Å². The molecule has 2 aromatic rings. The van der Waals surface area contributed by atoms with Gasteiger partial charge in [0.1, 0.15) is 0 Å². The topological polar surface area (TPSA) is 29.5 Å². The second-order valence-corrected chi connectivity index (χ2v) is 6.26. The largest absolute Gasteiger partial charge is 0.390 e. The third kappa shape index (κ3) is 5.92. The van der Waals surface area contributed by atoms with Crippen LogP contribution in [0.2, 0.25) is 0 Å². The summed E-state index contributed by atoms with van der Waals surface area (Å²) in [6.45, 7) is 2.99. The lowest BCUT2D eigenvalue weighted by atomic mass is 10.1. The van der Waals surface area contributed by atoms with Crippen molar-refractivity contribution in [1.29, 1.82) is 0 Å². The lowest BCUT2D eigenvalue weighted by Crippen LogP contribution is -2.25. The van der Waals surface area contributed by atoms with E-state index in [1.54, 1.807) is 11.8 Å². The van der Waals surface area contributed by atoms with Gasteiger partial charge in [-0.3, -0.25) is 0 Å². The Balaban J connectivity index is 1.66. The summed E-state index contributed by atoms with van der Waals surface area (Å²) >= 11 is 1.77. The summed E-state index contributed by atoms with van der Waals surface area (Å²) in [5, 5.41) is 10.1. The maximum Gasteiger partial charge on any atom is 0.0807 e. The zero-order valence-corrected chi connectivity index (χ0v) is 13.1. The highest BCUT2D eigenvalue weighted by atomic mass is 32.2. The minimum atomic E-state index is -0.426. The molecule has 21 heavy (non-hydrogen) atoms. The number of hydrogen-bond donors (Lipinski definition) is 1. The van der Waals surface area contributed by atoms with E-state index < -0.39 is 6.10 Å². The predicted octanol–water partition coefficient (Wildman–Crippen LogP) is 3.99. The highest BCUT2D eigenvalue weighted by Crippen LogP contribution is 2.21. The molecule has 0 aliphatic heterocycles.